The highest BCUT2D eigenvalue weighted by Crippen LogP contribution is 2.22. The number of nitrogens with zero attached hydrogens (tertiary/aromatic N) is 3. The van der Waals surface area contributed by atoms with Gasteiger partial charge in [0.25, 0.3) is 0 Å². The molecule has 0 radical (unpaired) electrons. The van der Waals surface area contributed by atoms with Crippen LogP contribution in [0.2, 0.25) is 0 Å². The average Bonchev–Trinajstić information content (AvgIpc) is 2.77. The first kappa shape index (κ1) is 8.61. The van der Waals surface area contributed by atoms with Crippen molar-refractivity contribution in [2.45, 2.75) is 6.92 Å². The van der Waals surface area contributed by atoms with Gasteiger partial charge in [-0.15, -0.1) is 10.2 Å². The highest BCUT2D eigenvalue weighted by molar-refractivity contribution is 7.16. The molecule has 0 spiro atoms. The lowest BCUT2D eigenvalue weighted by Crippen LogP contribution is -1.85. The summed E-state index contributed by atoms with van der Waals surface area (Å²) in [7, 11) is 0. The van der Waals surface area contributed by atoms with E-state index in [1.807, 2.05) is 34.7 Å². The molecule has 2 aromatic heterocycles. The minimum absolute atomic E-state index is 0.912. The number of aromatic nitrogens is 3. The van der Waals surface area contributed by atoms with E-state index in [-0.39, 0.29) is 0 Å². The van der Waals surface area contributed by atoms with Crippen LogP contribution >= 0.6 is 11.3 Å². The summed E-state index contributed by atoms with van der Waals surface area (Å²) < 4.78 is 2.04. The lowest BCUT2D eigenvalue weighted by Gasteiger charge is -1.95. The van der Waals surface area contributed by atoms with Crippen LogP contribution in [-0.2, 0) is 0 Å². The molecule has 0 aliphatic heterocycles. The summed E-state index contributed by atoms with van der Waals surface area (Å²) in [6, 6.07) is 10.1. The maximum Gasteiger partial charge on any atom is 0.216 e. The number of hydrogen-bond donors (Lipinski definition) is 0. The zero-order valence-electron chi connectivity index (χ0n) is 8.21. The molecule has 0 bridgehead atoms. The highest BCUT2D eigenvalue weighted by atomic mass is 32.1. The van der Waals surface area contributed by atoms with E-state index in [0.717, 1.165) is 16.3 Å². The fraction of sp³-hybridized carbons (Fsp3) is 0.0909. The maximum atomic E-state index is 4.19. The molecule has 0 fully saturated rings. The number of rotatable bonds is 1. The van der Waals surface area contributed by atoms with Crippen LogP contribution in [0.15, 0.2) is 36.5 Å². The van der Waals surface area contributed by atoms with Crippen LogP contribution in [0.4, 0.5) is 0 Å². The number of benzene rings is 1. The van der Waals surface area contributed by atoms with Gasteiger partial charge in [-0.1, -0.05) is 41.7 Å². The van der Waals surface area contributed by atoms with E-state index in [1.165, 1.54) is 4.88 Å². The number of thiazole rings is 1. The summed E-state index contributed by atoms with van der Waals surface area (Å²) >= 11 is 1.66. The molecule has 0 N–H and O–H groups in total. The van der Waals surface area contributed by atoms with Crippen LogP contribution in [0.1, 0.15) is 4.88 Å². The minimum Gasteiger partial charge on any atom is -0.273 e. The van der Waals surface area contributed by atoms with Crippen LogP contribution in [0.25, 0.3) is 16.3 Å². The Bertz CT molecular complexity index is 595. The SMILES string of the molecule is Cc1cn2c(-c3ccccc3)nnc2s1. The standard InChI is InChI=1S/C11H9N3S/c1-8-7-14-10(12-13-11(14)15-8)9-5-3-2-4-6-9/h2-7H,1H3. The predicted molar refractivity (Wildman–Crippen MR) is 61.0 cm³/mol. The van der Waals surface area contributed by atoms with Gasteiger partial charge in [-0.2, -0.15) is 0 Å². The molecule has 1 aromatic carbocycles. The molecule has 3 aromatic rings. The summed E-state index contributed by atoms with van der Waals surface area (Å²) in [5.74, 6) is 0.912. The molecule has 0 saturated heterocycles. The van der Waals surface area contributed by atoms with E-state index in [0.29, 0.717) is 0 Å². The summed E-state index contributed by atoms with van der Waals surface area (Å²) in [5.41, 5.74) is 1.10. The summed E-state index contributed by atoms with van der Waals surface area (Å²) in [4.78, 5) is 2.20. The lowest BCUT2D eigenvalue weighted by molar-refractivity contribution is 1.11. The monoisotopic (exact) mass is 215 g/mol. The van der Waals surface area contributed by atoms with E-state index >= 15 is 0 Å². The van der Waals surface area contributed by atoms with Crippen LogP contribution in [-0.4, -0.2) is 14.6 Å². The van der Waals surface area contributed by atoms with Gasteiger partial charge in [0.05, 0.1) is 0 Å². The molecule has 3 nitrogen and oxygen atoms in total. The van der Waals surface area contributed by atoms with Gasteiger partial charge in [-0.3, -0.25) is 4.40 Å². The van der Waals surface area contributed by atoms with Crippen molar-refractivity contribution in [3.8, 4) is 11.4 Å². The summed E-state index contributed by atoms with van der Waals surface area (Å²) in [6.45, 7) is 2.08. The number of aryl methyl sites for hydroxylation is 1. The molecular formula is C11H9N3S. The Balaban J connectivity index is 2.27. The molecule has 4 heteroatoms. The molecule has 0 aliphatic rings. The van der Waals surface area contributed by atoms with Gasteiger partial charge in [0.15, 0.2) is 5.82 Å². The molecular weight excluding hydrogens is 206 g/mol. The topological polar surface area (TPSA) is 30.2 Å². The molecule has 0 amide bonds. The van der Waals surface area contributed by atoms with Crippen molar-refractivity contribution in [3.05, 3.63) is 41.4 Å². The molecule has 0 saturated carbocycles. The van der Waals surface area contributed by atoms with E-state index < -0.39 is 0 Å². The third-order valence-corrected chi connectivity index (χ3v) is 3.15. The first-order valence-corrected chi connectivity index (χ1v) is 5.53. The Morgan fingerprint density at radius 1 is 1.13 bits per heavy atom. The van der Waals surface area contributed by atoms with Crippen molar-refractivity contribution in [3.63, 3.8) is 0 Å². The van der Waals surface area contributed by atoms with Crippen molar-refractivity contribution < 1.29 is 0 Å². The molecule has 0 atom stereocenters. The fourth-order valence-corrected chi connectivity index (χ4v) is 2.36. The highest BCUT2D eigenvalue weighted by Gasteiger charge is 2.08. The number of hydrogen-bond acceptors (Lipinski definition) is 3. The summed E-state index contributed by atoms with van der Waals surface area (Å²) in [5, 5.41) is 8.34. The zero-order valence-corrected chi connectivity index (χ0v) is 9.03. The van der Waals surface area contributed by atoms with Crippen molar-refractivity contribution >= 4 is 16.3 Å². The van der Waals surface area contributed by atoms with E-state index in [9.17, 15) is 0 Å². The van der Waals surface area contributed by atoms with Crippen molar-refractivity contribution in [1.82, 2.24) is 14.6 Å². The van der Waals surface area contributed by atoms with Gasteiger partial charge in [-0.25, -0.2) is 0 Å². The predicted octanol–water partition coefficient (Wildman–Crippen LogP) is 2.77. The molecule has 0 unspecified atom stereocenters. The van der Waals surface area contributed by atoms with Gasteiger partial charge in [0, 0.05) is 16.6 Å². The second-order valence-corrected chi connectivity index (χ2v) is 4.60. The van der Waals surface area contributed by atoms with Crippen molar-refractivity contribution in [1.29, 1.82) is 0 Å². The molecule has 3 rings (SSSR count). The van der Waals surface area contributed by atoms with Gasteiger partial charge < -0.3 is 0 Å². The Morgan fingerprint density at radius 2 is 1.93 bits per heavy atom. The van der Waals surface area contributed by atoms with E-state index in [4.69, 9.17) is 0 Å². The van der Waals surface area contributed by atoms with Gasteiger partial charge >= 0.3 is 0 Å². The van der Waals surface area contributed by atoms with Crippen LogP contribution in [0, 0.1) is 6.92 Å². The quantitative estimate of drug-likeness (QED) is 0.624. The second kappa shape index (κ2) is 3.17. The third kappa shape index (κ3) is 1.34. The van der Waals surface area contributed by atoms with E-state index in [1.54, 1.807) is 11.3 Å². The van der Waals surface area contributed by atoms with Gasteiger partial charge in [-0.05, 0) is 6.92 Å². The number of fused-ring (bicyclic) bond motifs is 1. The zero-order chi connectivity index (χ0) is 10.3. The molecule has 74 valence electrons. The Morgan fingerprint density at radius 3 is 2.73 bits per heavy atom. The van der Waals surface area contributed by atoms with Crippen LogP contribution < -0.4 is 0 Å². The first-order valence-electron chi connectivity index (χ1n) is 4.71. The molecule has 2 heterocycles. The fourth-order valence-electron chi connectivity index (χ4n) is 1.60. The maximum absolute atomic E-state index is 4.19. The van der Waals surface area contributed by atoms with Gasteiger partial charge in [0.2, 0.25) is 4.96 Å². The normalized spacial score (nSPS) is 11.0. The molecule has 15 heavy (non-hydrogen) atoms. The lowest BCUT2D eigenvalue weighted by atomic mass is 10.2. The van der Waals surface area contributed by atoms with Crippen LogP contribution in [0.5, 0.6) is 0 Å². The third-order valence-electron chi connectivity index (χ3n) is 2.26. The minimum atomic E-state index is 0.912. The second-order valence-electron chi connectivity index (χ2n) is 3.38. The summed E-state index contributed by atoms with van der Waals surface area (Å²) in [6.07, 6.45) is 2.07. The average molecular weight is 215 g/mol. The smallest absolute Gasteiger partial charge is 0.216 e. The Hall–Kier alpha value is -1.68. The van der Waals surface area contributed by atoms with Crippen molar-refractivity contribution in [2.24, 2.45) is 0 Å². The largest absolute Gasteiger partial charge is 0.273 e. The van der Waals surface area contributed by atoms with E-state index in [2.05, 4.69) is 23.3 Å². The Labute approximate surface area is 91.0 Å². The Kier molecular flexibility index (Phi) is 1.82. The van der Waals surface area contributed by atoms with Gasteiger partial charge in [0.1, 0.15) is 0 Å². The van der Waals surface area contributed by atoms with Crippen molar-refractivity contribution in [2.75, 3.05) is 0 Å². The van der Waals surface area contributed by atoms with Crippen LogP contribution in [0.3, 0.4) is 0 Å². The first-order chi connectivity index (χ1) is 7.34. The molecule has 0 aliphatic carbocycles.